The number of hydrogen-bond donors (Lipinski definition) is 2. The Hall–Kier alpha value is -2.21. The van der Waals surface area contributed by atoms with Crippen molar-refractivity contribution in [1.29, 1.82) is 0 Å². The van der Waals surface area contributed by atoms with E-state index in [1.54, 1.807) is 25.1 Å². The van der Waals surface area contributed by atoms with E-state index in [-0.39, 0.29) is 17.6 Å². The SMILES string of the molecule is Cc1ccc(F)c(Oc2cc(C)nc(NN)n2)c1. The minimum absolute atomic E-state index is 0.121. The number of hydrogen-bond acceptors (Lipinski definition) is 5. The summed E-state index contributed by atoms with van der Waals surface area (Å²) in [5.41, 5.74) is 3.89. The first kappa shape index (κ1) is 12.3. The van der Waals surface area contributed by atoms with E-state index in [1.165, 1.54) is 6.07 Å². The second-order valence-electron chi connectivity index (χ2n) is 3.85. The largest absolute Gasteiger partial charge is 0.436 e. The zero-order chi connectivity index (χ0) is 13.1. The molecule has 0 aliphatic rings. The molecule has 18 heavy (non-hydrogen) atoms. The fourth-order valence-corrected chi connectivity index (χ4v) is 1.46. The highest BCUT2D eigenvalue weighted by atomic mass is 19.1. The molecular weight excluding hydrogens is 235 g/mol. The molecule has 0 aliphatic heterocycles. The number of hydrazine groups is 1. The highest BCUT2D eigenvalue weighted by Crippen LogP contribution is 2.24. The van der Waals surface area contributed by atoms with Crippen LogP contribution in [0.15, 0.2) is 24.3 Å². The minimum atomic E-state index is -0.445. The van der Waals surface area contributed by atoms with Gasteiger partial charge in [0.05, 0.1) is 0 Å². The standard InChI is InChI=1S/C12H13FN4O/c1-7-3-4-9(13)10(5-7)18-11-6-8(2)15-12(16-11)17-14/h3-6H,14H2,1-2H3,(H,15,16,17). The number of nitrogens with two attached hydrogens (primary N) is 1. The average molecular weight is 248 g/mol. The molecule has 0 atom stereocenters. The van der Waals surface area contributed by atoms with E-state index in [2.05, 4.69) is 15.4 Å². The van der Waals surface area contributed by atoms with Crippen LogP contribution in [0.5, 0.6) is 11.6 Å². The maximum atomic E-state index is 13.5. The zero-order valence-electron chi connectivity index (χ0n) is 10.1. The van der Waals surface area contributed by atoms with Crippen molar-refractivity contribution in [3.63, 3.8) is 0 Å². The molecular formula is C12H13FN4O. The Bertz CT molecular complexity index is 574. The maximum absolute atomic E-state index is 13.5. The summed E-state index contributed by atoms with van der Waals surface area (Å²) in [6.07, 6.45) is 0. The topological polar surface area (TPSA) is 73.1 Å². The van der Waals surface area contributed by atoms with Gasteiger partial charge in [-0.25, -0.2) is 15.2 Å². The molecule has 1 aromatic carbocycles. The normalized spacial score (nSPS) is 10.2. The molecule has 1 heterocycles. The number of nitrogens with zero attached hydrogens (tertiary/aromatic N) is 2. The molecule has 0 amide bonds. The van der Waals surface area contributed by atoms with E-state index in [1.807, 2.05) is 6.92 Å². The van der Waals surface area contributed by atoms with Crippen LogP contribution in [0, 0.1) is 19.7 Å². The lowest BCUT2D eigenvalue weighted by atomic mass is 10.2. The number of benzene rings is 1. The van der Waals surface area contributed by atoms with Gasteiger partial charge in [0.15, 0.2) is 11.6 Å². The van der Waals surface area contributed by atoms with Crippen LogP contribution in [0.1, 0.15) is 11.3 Å². The number of aryl methyl sites for hydroxylation is 2. The van der Waals surface area contributed by atoms with Gasteiger partial charge in [-0.15, -0.1) is 0 Å². The molecule has 1 aromatic heterocycles. The van der Waals surface area contributed by atoms with E-state index in [9.17, 15) is 4.39 Å². The molecule has 2 rings (SSSR count). The molecule has 0 unspecified atom stereocenters. The van der Waals surface area contributed by atoms with Crippen molar-refractivity contribution < 1.29 is 9.13 Å². The number of ether oxygens (including phenoxy) is 1. The summed E-state index contributed by atoms with van der Waals surface area (Å²) >= 11 is 0. The summed E-state index contributed by atoms with van der Waals surface area (Å²) in [5, 5.41) is 0. The smallest absolute Gasteiger partial charge is 0.240 e. The van der Waals surface area contributed by atoms with Crippen LogP contribution in [-0.2, 0) is 0 Å². The second-order valence-corrected chi connectivity index (χ2v) is 3.85. The number of nitrogen functional groups attached to an aromatic ring is 1. The third-order valence-electron chi connectivity index (χ3n) is 2.26. The Labute approximate surface area is 104 Å². The molecule has 5 nitrogen and oxygen atoms in total. The Morgan fingerprint density at radius 2 is 2.00 bits per heavy atom. The van der Waals surface area contributed by atoms with Crippen molar-refractivity contribution in [3.8, 4) is 11.6 Å². The van der Waals surface area contributed by atoms with Crippen molar-refractivity contribution in [2.45, 2.75) is 13.8 Å². The van der Waals surface area contributed by atoms with Gasteiger partial charge in [0.25, 0.3) is 0 Å². The molecule has 0 spiro atoms. The summed E-state index contributed by atoms with van der Waals surface area (Å²) in [6.45, 7) is 3.62. The average Bonchev–Trinajstić information content (AvgIpc) is 2.33. The molecule has 0 saturated carbocycles. The Kier molecular flexibility index (Phi) is 3.38. The summed E-state index contributed by atoms with van der Waals surface area (Å²) < 4.78 is 18.9. The van der Waals surface area contributed by atoms with Crippen molar-refractivity contribution in [2.24, 2.45) is 5.84 Å². The first-order valence-electron chi connectivity index (χ1n) is 5.35. The quantitative estimate of drug-likeness (QED) is 0.644. The van der Waals surface area contributed by atoms with Gasteiger partial charge < -0.3 is 4.74 Å². The highest BCUT2D eigenvalue weighted by molar-refractivity contribution is 5.35. The van der Waals surface area contributed by atoms with E-state index >= 15 is 0 Å². The maximum Gasteiger partial charge on any atom is 0.240 e. The Morgan fingerprint density at radius 1 is 1.22 bits per heavy atom. The van der Waals surface area contributed by atoms with Gasteiger partial charge >= 0.3 is 0 Å². The molecule has 0 saturated heterocycles. The van der Waals surface area contributed by atoms with Gasteiger partial charge in [0.2, 0.25) is 11.8 Å². The van der Waals surface area contributed by atoms with E-state index in [0.29, 0.717) is 5.69 Å². The Balaban J connectivity index is 2.33. The molecule has 0 fully saturated rings. The predicted molar refractivity (Wildman–Crippen MR) is 65.8 cm³/mol. The van der Waals surface area contributed by atoms with Gasteiger partial charge in [-0.2, -0.15) is 4.98 Å². The van der Waals surface area contributed by atoms with Crippen LogP contribution in [-0.4, -0.2) is 9.97 Å². The molecule has 2 aromatic rings. The summed E-state index contributed by atoms with van der Waals surface area (Å²) in [6, 6.07) is 6.21. The van der Waals surface area contributed by atoms with Gasteiger partial charge in [-0.05, 0) is 31.5 Å². The molecule has 0 bridgehead atoms. The third-order valence-corrected chi connectivity index (χ3v) is 2.26. The molecule has 3 N–H and O–H groups in total. The number of anilines is 1. The first-order chi connectivity index (χ1) is 8.58. The summed E-state index contributed by atoms with van der Waals surface area (Å²) in [4.78, 5) is 7.99. The summed E-state index contributed by atoms with van der Waals surface area (Å²) in [7, 11) is 0. The van der Waals surface area contributed by atoms with Gasteiger partial charge in [-0.1, -0.05) is 6.07 Å². The van der Waals surface area contributed by atoms with Crippen LogP contribution >= 0.6 is 0 Å². The predicted octanol–water partition coefficient (Wildman–Crippen LogP) is 2.31. The van der Waals surface area contributed by atoms with Crippen molar-refractivity contribution in [1.82, 2.24) is 9.97 Å². The molecule has 94 valence electrons. The fraction of sp³-hybridized carbons (Fsp3) is 0.167. The zero-order valence-corrected chi connectivity index (χ0v) is 10.1. The van der Waals surface area contributed by atoms with E-state index in [4.69, 9.17) is 10.6 Å². The van der Waals surface area contributed by atoms with Crippen LogP contribution in [0.2, 0.25) is 0 Å². The summed E-state index contributed by atoms with van der Waals surface area (Å²) in [5.74, 6) is 5.36. The van der Waals surface area contributed by atoms with Gasteiger partial charge in [-0.3, -0.25) is 5.43 Å². The number of nitrogens with one attached hydrogen (secondary N) is 1. The second kappa shape index (κ2) is 4.97. The van der Waals surface area contributed by atoms with E-state index < -0.39 is 5.82 Å². The van der Waals surface area contributed by atoms with Crippen LogP contribution < -0.4 is 16.0 Å². The van der Waals surface area contributed by atoms with Gasteiger partial charge in [0, 0.05) is 11.8 Å². The van der Waals surface area contributed by atoms with Crippen molar-refractivity contribution >= 4 is 5.95 Å². The minimum Gasteiger partial charge on any atom is -0.436 e. The van der Waals surface area contributed by atoms with Crippen LogP contribution in [0.4, 0.5) is 10.3 Å². The number of rotatable bonds is 3. The van der Waals surface area contributed by atoms with Crippen molar-refractivity contribution in [2.75, 3.05) is 5.43 Å². The first-order valence-corrected chi connectivity index (χ1v) is 5.35. The van der Waals surface area contributed by atoms with E-state index in [0.717, 1.165) is 5.56 Å². The van der Waals surface area contributed by atoms with Crippen LogP contribution in [0.3, 0.4) is 0 Å². The lowest BCUT2D eigenvalue weighted by molar-refractivity contribution is 0.426. The highest BCUT2D eigenvalue weighted by Gasteiger charge is 2.08. The third kappa shape index (κ3) is 2.72. The number of halogens is 1. The Morgan fingerprint density at radius 3 is 2.72 bits per heavy atom. The lowest BCUT2D eigenvalue weighted by Gasteiger charge is -2.08. The number of aromatic nitrogens is 2. The molecule has 0 radical (unpaired) electrons. The molecule has 6 heteroatoms. The van der Waals surface area contributed by atoms with Gasteiger partial charge in [0.1, 0.15) is 0 Å². The van der Waals surface area contributed by atoms with Crippen LogP contribution in [0.25, 0.3) is 0 Å². The monoisotopic (exact) mass is 248 g/mol. The lowest BCUT2D eigenvalue weighted by Crippen LogP contribution is -2.11. The molecule has 0 aliphatic carbocycles. The fourth-order valence-electron chi connectivity index (χ4n) is 1.46. The van der Waals surface area contributed by atoms with Crippen molar-refractivity contribution in [3.05, 3.63) is 41.3 Å².